The lowest BCUT2D eigenvalue weighted by Gasteiger charge is -2.37. The Morgan fingerprint density at radius 1 is 1.11 bits per heavy atom. The third kappa shape index (κ3) is 6.33. The van der Waals surface area contributed by atoms with E-state index < -0.39 is 5.41 Å². The molecule has 1 rings (SSSR count). The maximum atomic E-state index is 13.4. The summed E-state index contributed by atoms with van der Waals surface area (Å²) in [6.07, 6.45) is 1.96. The van der Waals surface area contributed by atoms with Crippen LogP contribution in [0.25, 0.3) is 0 Å². The van der Waals surface area contributed by atoms with Gasteiger partial charge in [0.1, 0.15) is 0 Å². The third-order valence-electron chi connectivity index (χ3n) is 5.59. The van der Waals surface area contributed by atoms with Crippen molar-refractivity contribution in [2.45, 2.75) is 59.3 Å². The van der Waals surface area contributed by atoms with Crippen LogP contribution in [0.15, 0.2) is 30.3 Å². The van der Waals surface area contributed by atoms with Crippen molar-refractivity contribution < 1.29 is 9.59 Å². The van der Waals surface area contributed by atoms with Gasteiger partial charge in [-0.15, -0.1) is 0 Å². The first-order valence-corrected chi connectivity index (χ1v) is 10.7. The van der Waals surface area contributed by atoms with Gasteiger partial charge in [-0.05, 0) is 50.6 Å². The molecule has 0 saturated carbocycles. The zero-order chi connectivity index (χ0) is 21.2. The molecule has 1 unspecified atom stereocenters. The highest BCUT2D eigenvalue weighted by Crippen LogP contribution is 2.30. The van der Waals surface area contributed by atoms with Crippen LogP contribution in [0.1, 0.15) is 59.4 Å². The number of carbonyl (C=O) groups is 2. The van der Waals surface area contributed by atoms with Crippen molar-refractivity contribution >= 4 is 11.8 Å². The van der Waals surface area contributed by atoms with Gasteiger partial charge in [0.05, 0.1) is 5.41 Å². The number of carbonyl (C=O) groups excluding carboxylic acids is 2. The second-order valence-electron chi connectivity index (χ2n) is 7.99. The Hall–Kier alpha value is -1.88. The van der Waals surface area contributed by atoms with Crippen molar-refractivity contribution in [2.24, 2.45) is 17.6 Å². The van der Waals surface area contributed by atoms with Crippen molar-refractivity contribution in [3.8, 4) is 0 Å². The molecule has 1 aromatic carbocycles. The molecule has 5 nitrogen and oxygen atoms in total. The van der Waals surface area contributed by atoms with E-state index in [0.29, 0.717) is 44.9 Å². The van der Waals surface area contributed by atoms with Crippen LogP contribution in [0.4, 0.5) is 0 Å². The molecule has 0 aliphatic heterocycles. The number of hydrogen-bond donors (Lipinski definition) is 2. The molecule has 1 aromatic rings. The van der Waals surface area contributed by atoms with Crippen LogP contribution in [0.2, 0.25) is 0 Å². The Balaban J connectivity index is 3.03. The quantitative estimate of drug-likeness (QED) is 0.576. The standard InChI is InChI=1S/C23H39N3O2/c1-6-23(20-12-10-9-11-13-20,22(28)26(7-2)8-3)17-25-21(27)15-19(16-24)14-18(4)5/h9-13,18-19H,6-8,14-17,24H2,1-5H3,(H,25,27)/t19?,23-/m1/s1. The van der Waals surface area contributed by atoms with Gasteiger partial charge in [-0.1, -0.05) is 51.1 Å². The number of rotatable bonds is 12. The van der Waals surface area contributed by atoms with Gasteiger partial charge in [0.15, 0.2) is 0 Å². The van der Waals surface area contributed by atoms with E-state index in [9.17, 15) is 9.59 Å². The zero-order valence-corrected chi connectivity index (χ0v) is 18.3. The van der Waals surface area contributed by atoms with E-state index in [4.69, 9.17) is 5.73 Å². The molecular weight excluding hydrogens is 350 g/mol. The molecule has 0 bridgehead atoms. The monoisotopic (exact) mass is 389 g/mol. The molecular formula is C23H39N3O2. The number of benzene rings is 1. The zero-order valence-electron chi connectivity index (χ0n) is 18.3. The Kier molecular flexibility index (Phi) is 10.2. The molecule has 0 heterocycles. The van der Waals surface area contributed by atoms with Crippen molar-refractivity contribution in [3.63, 3.8) is 0 Å². The van der Waals surface area contributed by atoms with Crippen molar-refractivity contribution in [2.75, 3.05) is 26.2 Å². The Morgan fingerprint density at radius 3 is 2.18 bits per heavy atom. The first-order chi connectivity index (χ1) is 13.3. The summed E-state index contributed by atoms with van der Waals surface area (Å²) < 4.78 is 0. The highest BCUT2D eigenvalue weighted by Gasteiger charge is 2.41. The summed E-state index contributed by atoms with van der Waals surface area (Å²) in [6.45, 7) is 12.4. The molecule has 0 fully saturated rings. The molecule has 0 aromatic heterocycles. The van der Waals surface area contributed by atoms with Crippen LogP contribution in [-0.2, 0) is 15.0 Å². The smallest absolute Gasteiger partial charge is 0.234 e. The van der Waals surface area contributed by atoms with Gasteiger partial charge in [-0.25, -0.2) is 0 Å². The van der Waals surface area contributed by atoms with E-state index >= 15 is 0 Å². The van der Waals surface area contributed by atoms with Crippen molar-refractivity contribution in [3.05, 3.63) is 35.9 Å². The Labute approximate surface area is 171 Å². The van der Waals surface area contributed by atoms with Crippen molar-refractivity contribution in [1.82, 2.24) is 10.2 Å². The lowest BCUT2D eigenvalue weighted by Crippen LogP contribution is -2.53. The minimum atomic E-state index is -0.751. The fraction of sp³-hybridized carbons (Fsp3) is 0.652. The van der Waals surface area contributed by atoms with E-state index in [2.05, 4.69) is 19.2 Å². The molecule has 5 heteroatoms. The van der Waals surface area contributed by atoms with Crippen LogP contribution in [0, 0.1) is 11.8 Å². The lowest BCUT2D eigenvalue weighted by atomic mass is 9.76. The largest absolute Gasteiger partial charge is 0.355 e. The van der Waals surface area contributed by atoms with Gasteiger partial charge in [0.2, 0.25) is 11.8 Å². The second kappa shape index (κ2) is 11.8. The predicted molar refractivity (Wildman–Crippen MR) is 116 cm³/mol. The van der Waals surface area contributed by atoms with Gasteiger partial charge < -0.3 is 16.0 Å². The average Bonchev–Trinajstić information content (AvgIpc) is 2.69. The summed E-state index contributed by atoms with van der Waals surface area (Å²) in [5, 5.41) is 3.05. The number of hydrogen-bond acceptors (Lipinski definition) is 3. The lowest BCUT2D eigenvalue weighted by molar-refractivity contribution is -0.137. The van der Waals surface area contributed by atoms with Crippen LogP contribution in [0.5, 0.6) is 0 Å². The highest BCUT2D eigenvalue weighted by atomic mass is 16.2. The summed E-state index contributed by atoms with van der Waals surface area (Å²) >= 11 is 0. The van der Waals surface area contributed by atoms with Gasteiger partial charge in [-0.2, -0.15) is 0 Å². The molecule has 0 radical (unpaired) electrons. The fourth-order valence-electron chi connectivity index (χ4n) is 3.87. The molecule has 2 atom stereocenters. The Morgan fingerprint density at radius 2 is 1.71 bits per heavy atom. The normalized spacial score (nSPS) is 14.4. The minimum absolute atomic E-state index is 0.0304. The van der Waals surface area contributed by atoms with Crippen LogP contribution < -0.4 is 11.1 Å². The summed E-state index contributed by atoms with van der Waals surface area (Å²) in [6, 6.07) is 9.81. The number of nitrogens with two attached hydrogens (primary N) is 1. The van der Waals surface area contributed by atoms with E-state index in [-0.39, 0.29) is 17.7 Å². The maximum absolute atomic E-state index is 13.4. The minimum Gasteiger partial charge on any atom is -0.355 e. The van der Waals surface area contributed by atoms with E-state index in [1.54, 1.807) is 0 Å². The van der Waals surface area contributed by atoms with E-state index in [0.717, 1.165) is 12.0 Å². The third-order valence-corrected chi connectivity index (χ3v) is 5.59. The molecule has 0 aliphatic rings. The van der Waals surface area contributed by atoms with Gasteiger partial charge >= 0.3 is 0 Å². The molecule has 0 saturated heterocycles. The molecule has 158 valence electrons. The molecule has 0 aliphatic carbocycles. The Bertz CT molecular complexity index is 599. The highest BCUT2D eigenvalue weighted by molar-refractivity contribution is 5.89. The number of likely N-dealkylation sites (N-methyl/N-ethyl adjacent to an activating group) is 1. The van der Waals surface area contributed by atoms with Crippen LogP contribution in [-0.4, -0.2) is 42.9 Å². The first kappa shape index (κ1) is 24.2. The second-order valence-corrected chi connectivity index (χ2v) is 7.99. The van der Waals surface area contributed by atoms with Gasteiger partial charge in [0, 0.05) is 26.1 Å². The summed E-state index contributed by atoms with van der Waals surface area (Å²) in [5.41, 5.74) is 6.05. The first-order valence-electron chi connectivity index (χ1n) is 10.7. The topological polar surface area (TPSA) is 75.4 Å². The summed E-state index contributed by atoms with van der Waals surface area (Å²) in [4.78, 5) is 27.9. The van der Waals surface area contributed by atoms with Crippen LogP contribution >= 0.6 is 0 Å². The molecule has 28 heavy (non-hydrogen) atoms. The van der Waals surface area contributed by atoms with Gasteiger partial charge in [0.25, 0.3) is 0 Å². The average molecular weight is 390 g/mol. The van der Waals surface area contributed by atoms with Gasteiger partial charge in [-0.3, -0.25) is 9.59 Å². The van der Waals surface area contributed by atoms with Crippen molar-refractivity contribution in [1.29, 1.82) is 0 Å². The summed E-state index contributed by atoms with van der Waals surface area (Å²) in [7, 11) is 0. The maximum Gasteiger partial charge on any atom is 0.234 e. The number of nitrogens with one attached hydrogen (secondary N) is 1. The number of nitrogens with zero attached hydrogens (tertiary/aromatic N) is 1. The SMILES string of the molecule is CCN(CC)C(=O)[C@](CC)(CNC(=O)CC(CN)CC(C)C)c1ccccc1. The van der Waals surface area contributed by atoms with Crippen LogP contribution in [0.3, 0.4) is 0 Å². The molecule has 3 N–H and O–H groups in total. The molecule has 0 spiro atoms. The summed E-state index contributed by atoms with van der Waals surface area (Å²) in [5.74, 6) is 0.720. The van der Waals surface area contributed by atoms with E-state index in [1.807, 2.05) is 56.0 Å². The molecule has 2 amide bonds. The van der Waals surface area contributed by atoms with E-state index in [1.165, 1.54) is 0 Å². The number of amides is 2. The predicted octanol–water partition coefficient (Wildman–Crippen LogP) is 3.33. The fourth-order valence-corrected chi connectivity index (χ4v) is 3.87.